The predicted molar refractivity (Wildman–Crippen MR) is 118 cm³/mol. The van der Waals surface area contributed by atoms with Gasteiger partial charge in [-0.1, -0.05) is 23.5 Å². The van der Waals surface area contributed by atoms with Crippen molar-refractivity contribution in [2.75, 3.05) is 25.2 Å². The molecule has 2 aromatic carbocycles. The summed E-state index contributed by atoms with van der Waals surface area (Å²) in [5.74, 6) is -0.585. The van der Waals surface area contributed by atoms with Crippen LogP contribution in [0.25, 0.3) is 10.2 Å². The first-order chi connectivity index (χ1) is 14.5. The number of carbonyl (C=O) groups excluding carboxylic acids is 2. The van der Waals surface area contributed by atoms with Gasteiger partial charge in [-0.3, -0.25) is 9.69 Å². The van der Waals surface area contributed by atoms with Crippen LogP contribution in [0.15, 0.2) is 36.4 Å². The van der Waals surface area contributed by atoms with Crippen molar-refractivity contribution in [3.05, 3.63) is 58.7 Å². The van der Waals surface area contributed by atoms with E-state index in [1.54, 1.807) is 29.2 Å². The Balaban J connectivity index is 1.71. The number of hydrogen-bond donors (Lipinski definition) is 0. The average Bonchev–Trinajstić information content (AvgIpc) is 3.44. The molecule has 156 valence electrons. The fourth-order valence-electron chi connectivity index (χ4n) is 3.63. The van der Waals surface area contributed by atoms with Crippen LogP contribution in [0.2, 0.25) is 0 Å². The molecule has 0 radical (unpaired) electrons. The number of anilines is 1. The zero-order valence-corrected chi connectivity index (χ0v) is 18.1. The topological polar surface area (TPSA) is 68.7 Å². The molecule has 0 N–H and O–H groups in total. The molecule has 0 spiro atoms. The van der Waals surface area contributed by atoms with Gasteiger partial charge in [0.2, 0.25) is 0 Å². The van der Waals surface area contributed by atoms with E-state index in [1.165, 1.54) is 18.4 Å². The molecule has 4 rings (SSSR count). The number of methoxy groups -OCH3 is 1. The fraction of sp³-hybridized carbons (Fsp3) is 0.348. The molecule has 0 aliphatic carbocycles. The van der Waals surface area contributed by atoms with Gasteiger partial charge in [0.25, 0.3) is 5.91 Å². The van der Waals surface area contributed by atoms with Gasteiger partial charge in [-0.15, -0.1) is 0 Å². The van der Waals surface area contributed by atoms with Crippen LogP contribution in [0.3, 0.4) is 0 Å². The fourth-order valence-corrected chi connectivity index (χ4v) is 4.75. The quantitative estimate of drug-likeness (QED) is 0.563. The van der Waals surface area contributed by atoms with Crippen molar-refractivity contribution in [3.8, 4) is 0 Å². The first-order valence-electron chi connectivity index (χ1n) is 9.96. The lowest BCUT2D eigenvalue weighted by Gasteiger charge is -2.23. The number of aryl methyl sites for hydroxylation is 2. The van der Waals surface area contributed by atoms with Crippen molar-refractivity contribution in [2.24, 2.45) is 0 Å². The highest BCUT2D eigenvalue weighted by atomic mass is 32.1. The third-order valence-corrected chi connectivity index (χ3v) is 6.58. The first kappa shape index (κ1) is 20.5. The molecular weight excluding hydrogens is 400 g/mol. The highest BCUT2D eigenvalue weighted by Crippen LogP contribution is 2.34. The van der Waals surface area contributed by atoms with E-state index in [2.05, 4.69) is 19.1 Å². The maximum atomic E-state index is 13.5. The van der Waals surface area contributed by atoms with Gasteiger partial charge in [-0.2, -0.15) is 0 Å². The van der Waals surface area contributed by atoms with Crippen LogP contribution in [0.1, 0.15) is 44.7 Å². The number of ether oxygens (including phenoxy) is 2. The summed E-state index contributed by atoms with van der Waals surface area (Å²) in [4.78, 5) is 31.7. The summed E-state index contributed by atoms with van der Waals surface area (Å²) >= 11 is 1.53. The molecule has 30 heavy (non-hydrogen) atoms. The summed E-state index contributed by atoms with van der Waals surface area (Å²) < 4.78 is 11.6. The van der Waals surface area contributed by atoms with E-state index in [0.29, 0.717) is 22.8 Å². The molecule has 1 aromatic heterocycles. The molecule has 0 unspecified atom stereocenters. The molecule has 0 saturated carbocycles. The second-order valence-corrected chi connectivity index (χ2v) is 8.47. The summed E-state index contributed by atoms with van der Waals surface area (Å²) in [6.07, 6.45) is 1.92. The number of benzene rings is 2. The van der Waals surface area contributed by atoms with Crippen LogP contribution in [0.5, 0.6) is 0 Å². The van der Waals surface area contributed by atoms with E-state index in [1.807, 2.05) is 6.92 Å². The number of fused-ring (bicyclic) bond motifs is 1. The van der Waals surface area contributed by atoms with E-state index in [0.717, 1.165) is 40.8 Å². The van der Waals surface area contributed by atoms with Crippen molar-refractivity contribution < 1.29 is 19.1 Å². The molecule has 7 heteroatoms. The van der Waals surface area contributed by atoms with Crippen LogP contribution in [-0.4, -0.2) is 43.2 Å². The largest absolute Gasteiger partial charge is 0.465 e. The van der Waals surface area contributed by atoms with Crippen molar-refractivity contribution in [1.82, 2.24) is 4.98 Å². The maximum Gasteiger partial charge on any atom is 0.337 e. The zero-order valence-electron chi connectivity index (χ0n) is 17.3. The molecule has 1 fully saturated rings. The highest BCUT2D eigenvalue weighted by Gasteiger charge is 2.27. The number of carbonyl (C=O) groups is 2. The Bertz CT molecular complexity index is 1050. The zero-order chi connectivity index (χ0) is 21.3. The van der Waals surface area contributed by atoms with Gasteiger partial charge in [-0.25, -0.2) is 9.78 Å². The van der Waals surface area contributed by atoms with Crippen molar-refractivity contribution >= 4 is 38.6 Å². The van der Waals surface area contributed by atoms with E-state index in [4.69, 9.17) is 14.5 Å². The average molecular weight is 425 g/mol. The number of hydrogen-bond acceptors (Lipinski definition) is 6. The van der Waals surface area contributed by atoms with E-state index in [-0.39, 0.29) is 12.0 Å². The molecule has 6 nitrogen and oxygen atoms in total. The Morgan fingerprint density at radius 1 is 1.13 bits per heavy atom. The molecular formula is C23H24N2O4S. The summed E-state index contributed by atoms with van der Waals surface area (Å²) in [5, 5.41) is 0.667. The Morgan fingerprint density at radius 3 is 2.47 bits per heavy atom. The number of aromatic nitrogens is 1. The predicted octanol–water partition coefficient (Wildman–Crippen LogP) is 4.53. The lowest BCUT2D eigenvalue weighted by atomic mass is 10.1. The first-order valence-corrected chi connectivity index (χ1v) is 10.8. The number of rotatable bonds is 5. The summed E-state index contributed by atoms with van der Waals surface area (Å²) in [6, 6.07) is 10.7. The smallest absolute Gasteiger partial charge is 0.337 e. The lowest BCUT2D eigenvalue weighted by molar-refractivity contribution is 0.0600. The number of nitrogens with zero attached hydrogens (tertiary/aromatic N) is 2. The highest BCUT2D eigenvalue weighted by molar-refractivity contribution is 7.22. The lowest BCUT2D eigenvalue weighted by Crippen LogP contribution is -2.37. The monoisotopic (exact) mass is 424 g/mol. The summed E-state index contributed by atoms with van der Waals surface area (Å²) in [5.41, 5.74) is 4.07. The standard InChI is InChI=1S/C23H24N2O4S/c1-14-6-7-15(2)20-19(14)24-23(30-20)25(13-18-5-4-12-29-18)21(26)16-8-10-17(11-9-16)22(27)28-3/h6-11,18H,4-5,12-13H2,1-3H3/t18-/m1/s1. The molecule has 0 bridgehead atoms. The third kappa shape index (κ3) is 3.95. The van der Waals surface area contributed by atoms with E-state index in [9.17, 15) is 9.59 Å². The molecule has 1 saturated heterocycles. The Morgan fingerprint density at radius 2 is 1.83 bits per heavy atom. The van der Waals surface area contributed by atoms with E-state index >= 15 is 0 Å². The van der Waals surface area contributed by atoms with Gasteiger partial charge in [-0.05, 0) is 62.1 Å². The van der Waals surface area contributed by atoms with Gasteiger partial charge < -0.3 is 9.47 Å². The second-order valence-electron chi connectivity index (χ2n) is 7.49. The van der Waals surface area contributed by atoms with Crippen molar-refractivity contribution in [3.63, 3.8) is 0 Å². The molecule has 1 amide bonds. The minimum absolute atomic E-state index is 0.00232. The van der Waals surface area contributed by atoms with Crippen LogP contribution in [0.4, 0.5) is 5.13 Å². The minimum atomic E-state index is -0.428. The summed E-state index contributed by atoms with van der Waals surface area (Å²) in [7, 11) is 1.34. The summed E-state index contributed by atoms with van der Waals surface area (Å²) in [6.45, 7) is 5.26. The van der Waals surface area contributed by atoms with Crippen molar-refractivity contribution in [2.45, 2.75) is 32.8 Å². The molecule has 1 aliphatic heterocycles. The van der Waals surface area contributed by atoms with Gasteiger partial charge in [0.05, 0.1) is 35.5 Å². The maximum absolute atomic E-state index is 13.5. The Labute approximate surface area is 179 Å². The van der Waals surface area contributed by atoms with Gasteiger partial charge in [0.1, 0.15) is 0 Å². The van der Waals surface area contributed by atoms with Gasteiger partial charge in [0, 0.05) is 12.2 Å². The minimum Gasteiger partial charge on any atom is -0.465 e. The Kier molecular flexibility index (Phi) is 5.83. The molecule has 1 atom stereocenters. The number of amides is 1. The normalized spacial score (nSPS) is 16.0. The molecule has 2 heterocycles. The number of esters is 1. The van der Waals surface area contributed by atoms with Crippen LogP contribution >= 0.6 is 11.3 Å². The molecule has 3 aromatic rings. The van der Waals surface area contributed by atoms with Crippen molar-refractivity contribution in [1.29, 1.82) is 0 Å². The van der Waals surface area contributed by atoms with Crippen LogP contribution < -0.4 is 4.90 Å². The SMILES string of the molecule is COC(=O)c1ccc(C(=O)N(C[C@H]2CCCO2)c2nc3c(C)ccc(C)c3s2)cc1. The van der Waals surface area contributed by atoms with Gasteiger partial charge >= 0.3 is 5.97 Å². The van der Waals surface area contributed by atoms with E-state index < -0.39 is 5.97 Å². The third-order valence-electron chi connectivity index (χ3n) is 5.37. The second kappa shape index (κ2) is 8.53. The van der Waals surface area contributed by atoms with Crippen LogP contribution in [-0.2, 0) is 9.47 Å². The van der Waals surface area contributed by atoms with Crippen LogP contribution in [0, 0.1) is 13.8 Å². The molecule has 1 aliphatic rings. The van der Waals surface area contributed by atoms with Gasteiger partial charge in [0.15, 0.2) is 5.13 Å². The Hall–Kier alpha value is -2.77. The number of thiazole rings is 1.